The Morgan fingerprint density at radius 3 is 2.14 bits per heavy atom. The van der Waals surface area contributed by atoms with Gasteiger partial charge in [-0.05, 0) is 42.8 Å². The van der Waals surface area contributed by atoms with Gasteiger partial charge >= 0.3 is 18.1 Å². The molecular formula is C19H14F6O4. The predicted octanol–water partition coefficient (Wildman–Crippen LogP) is 5.21. The Bertz CT molecular complexity index is 862. The fourth-order valence-corrected chi connectivity index (χ4v) is 2.15. The molecule has 0 unspecified atom stereocenters. The minimum atomic E-state index is -5.64. The molecule has 0 aliphatic heterocycles. The number of esters is 1. The van der Waals surface area contributed by atoms with Crippen LogP contribution < -0.4 is 9.47 Å². The van der Waals surface area contributed by atoms with Gasteiger partial charge in [0.15, 0.2) is 0 Å². The summed E-state index contributed by atoms with van der Waals surface area (Å²) in [7, 11) is 0. The molecule has 0 aromatic heterocycles. The highest BCUT2D eigenvalue weighted by Crippen LogP contribution is 2.38. The molecule has 0 atom stereocenters. The summed E-state index contributed by atoms with van der Waals surface area (Å²) in [6.07, 6.45) is -7.13. The molecule has 10 heteroatoms. The van der Waals surface area contributed by atoms with Gasteiger partial charge in [-0.1, -0.05) is 0 Å². The molecule has 156 valence electrons. The first-order valence-electron chi connectivity index (χ1n) is 8.18. The van der Waals surface area contributed by atoms with Crippen molar-refractivity contribution >= 4 is 12.3 Å². The number of benzene rings is 2. The van der Waals surface area contributed by atoms with E-state index in [2.05, 4.69) is 0 Å². The standard InChI is InChI=1S/C19H14F6O4/c20-16-10-14(28-9-1-8-18(21,22)19(23,24)25)6-7-15(16)17(27)29-13-4-2-12(11-26)3-5-13/h2-7,10-11H,1,8-9H2. The molecule has 0 saturated heterocycles. The van der Waals surface area contributed by atoms with Gasteiger partial charge in [0.25, 0.3) is 0 Å². The minimum Gasteiger partial charge on any atom is -0.493 e. The molecule has 2 aromatic rings. The van der Waals surface area contributed by atoms with E-state index in [1.165, 1.54) is 24.3 Å². The highest BCUT2D eigenvalue weighted by atomic mass is 19.4. The number of hydrogen-bond donors (Lipinski definition) is 0. The molecule has 0 saturated carbocycles. The number of hydrogen-bond acceptors (Lipinski definition) is 4. The van der Waals surface area contributed by atoms with Crippen molar-refractivity contribution in [2.45, 2.75) is 24.9 Å². The average molecular weight is 420 g/mol. The minimum absolute atomic E-state index is 0.0749. The number of rotatable bonds is 8. The second-order valence-electron chi connectivity index (χ2n) is 5.87. The molecule has 2 rings (SSSR count). The third-order valence-electron chi connectivity index (χ3n) is 3.71. The molecule has 4 nitrogen and oxygen atoms in total. The number of ether oxygens (including phenoxy) is 2. The summed E-state index contributed by atoms with van der Waals surface area (Å²) in [4.78, 5) is 22.6. The molecular weight excluding hydrogens is 406 g/mol. The highest BCUT2D eigenvalue weighted by Gasteiger charge is 2.56. The Hall–Kier alpha value is -3.04. The van der Waals surface area contributed by atoms with Crippen LogP contribution in [-0.2, 0) is 0 Å². The molecule has 0 radical (unpaired) electrons. The van der Waals surface area contributed by atoms with Crippen molar-refractivity contribution in [2.24, 2.45) is 0 Å². The smallest absolute Gasteiger partial charge is 0.453 e. The molecule has 0 amide bonds. The number of halogens is 6. The summed E-state index contributed by atoms with van der Waals surface area (Å²) >= 11 is 0. The lowest BCUT2D eigenvalue weighted by molar-refractivity contribution is -0.284. The Morgan fingerprint density at radius 1 is 0.966 bits per heavy atom. The van der Waals surface area contributed by atoms with Crippen molar-refractivity contribution in [1.82, 2.24) is 0 Å². The fraction of sp³-hybridized carbons (Fsp3) is 0.263. The van der Waals surface area contributed by atoms with Crippen LogP contribution in [0.4, 0.5) is 26.3 Å². The third-order valence-corrected chi connectivity index (χ3v) is 3.71. The number of carbonyl (C=O) groups is 2. The van der Waals surface area contributed by atoms with Crippen LogP contribution in [0.25, 0.3) is 0 Å². The van der Waals surface area contributed by atoms with Crippen LogP contribution in [-0.4, -0.2) is 31.0 Å². The van der Waals surface area contributed by atoms with E-state index in [9.17, 15) is 35.9 Å². The van der Waals surface area contributed by atoms with Gasteiger partial charge in [-0.3, -0.25) is 4.79 Å². The van der Waals surface area contributed by atoms with Gasteiger partial charge in [0.05, 0.1) is 12.2 Å². The van der Waals surface area contributed by atoms with Crippen molar-refractivity contribution in [3.8, 4) is 11.5 Å². The summed E-state index contributed by atoms with van der Waals surface area (Å²) in [6.45, 7) is -0.502. The lowest BCUT2D eigenvalue weighted by atomic mass is 10.2. The third kappa shape index (κ3) is 5.97. The largest absolute Gasteiger partial charge is 0.493 e. The predicted molar refractivity (Wildman–Crippen MR) is 88.9 cm³/mol. The first-order chi connectivity index (χ1) is 13.5. The zero-order valence-corrected chi connectivity index (χ0v) is 14.6. The van der Waals surface area contributed by atoms with Crippen LogP contribution in [0.3, 0.4) is 0 Å². The summed E-state index contributed by atoms with van der Waals surface area (Å²) in [5, 5.41) is 0. The lowest BCUT2D eigenvalue weighted by Gasteiger charge is -2.19. The maximum absolute atomic E-state index is 14.1. The molecule has 0 aliphatic carbocycles. The van der Waals surface area contributed by atoms with Gasteiger partial charge in [0, 0.05) is 18.1 Å². The zero-order valence-electron chi connectivity index (χ0n) is 14.6. The second-order valence-corrected chi connectivity index (χ2v) is 5.87. The lowest BCUT2D eigenvalue weighted by Crippen LogP contribution is -2.36. The molecule has 0 spiro atoms. The van der Waals surface area contributed by atoms with E-state index in [0.29, 0.717) is 11.8 Å². The zero-order chi connectivity index (χ0) is 21.7. The Morgan fingerprint density at radius 2 is 1.59 bits per heavy atom. The average Bonchev–Trinajstić information content (AvgIpc) is 2.65. The normalized spacial score (nSPS) is 11.8. The van der Waals surface area contributed by atoms with Crippen molar-refractivity contribution in [3.05, 3.63) is 59.4 Å². The van der Waals surface area contributed by atoms with E-state index in [-0.39, 0.29) is 11.5 Å². The molecule has 0 fully saturated rings. The van der Waals surface area contributed by atoms with E-state index < -0.39 is 48.9 Å². The summed E-state index contributed by atoms with van der Waals surface area (Å²) in [5.41, 5.74) is -0.0918. The molecule has 0 heterocycles. The number of aldehydes is 1. The first-order valence-corrected chi connectivity index (χ1v) is 8.18. The van der Waals surface area contributed by atoms with Gasteiger partial charge in [-0.15, -0.1) is 0 Å². The fourth-order valence-electron chi connectivity index (χ4n) is 2.15. The van der Waals surface area contributed by atoms with Crippen molar-refractivity contribution in [1.29, 1.82) is 0 Å². The van der Waals surface area contributed by atoms with Crippen LogP contribution in [0.2, 0.25) is 0 Å². The van der Waals surface area contributed by atoms with E-state index in [0.717, 1.165) is 18.2 Å². The van der Waals surface area contributed by atoms with Crippen LogP contribution >= 0.6 is 0 Å². The van der Waals surface area contributed by atoms with Gasteiger partial charge in [0.2, 0.25) is 0 Å². The van der Waals surface area contributed by atoms with E-state index >= 15 is 0 Å². The molecule has 0 N–H and O–H groups in total. The second kappa shape index (κ2) is 8.97. The first kappa shape index (κ1) is 22.3. The van der Waals surface area contributed by atoms with Crippen molar-refractivity contribution < 1.29 is 45.4 Å². The van der Waals surface area contributed by atoms with Gasteiger partial charge in [-0.2, -0.15) is 22.0 Å². The summed E-state index contributed by atoms with van der Waals surface area (Å²) in [6, 6.07) is 8.43. The molecule has 0 aliphatic rings. The Labute approximate surface area is 161 Å². The monoisotopic (exact) mass is 420 g/mol. The van der Waals surface area contributed by atoms with Gasteiger partial charge in [0.1, 0.15) is 23.6 Å². The topological polar surface area (TPSA) is 52.6 Å². The summed E-state index contributed by atoms with van der Waals surface area (Å²) in [5.74, 6) is -6.97. The van der Waals surface area contributed by atoms with Crippen LogP contribution in [0.15, 0.2) is 42.5 Å². The molecule has 0 bridgehead atoms. The van der Waals surface area contributed by atoms with E-state index in [1.54, 1.807) is 0 Å². The maximum Gasteiger partial charge on any atom is 0.453 e. The SMILES string of the molecule is O=Cc1ccc(OC(=O)c2ccc(OCCCC(F)(F)C(F)(F)F)cc2F)cc1. The molecule has 29 heavy (non-hydrogen) atoms. The van der Waals surface area contributed by atoms with E-state index in [1.807, 2.05) is 0 Å². The Balaban J connectivity index is 1.92. The molecule has 2 aromatic carbocycles. The van der Waals surface area contributed by atoms with Gasteiger partial charge in [-0.25, -0.2) is 9.18 Å². The maximum atomic E-state index is 14.1. The highest BCUT2D eigenvalue weighted by molar-refractivity contribution is 5.91. The number of carbonyl (C=O) groups excluding carboxylic acids is 2. The van der Waals surface area contributed by atoms with Gasteiger partial charge < -0.3 is 9.47 Å². The van der Waals surface area contributed by atoms with Crippen LogP contribution in [0.5, 0.6) is 11.5 Å². The quantitative estimate of drug-likeness (QED) is 0.193. The van der Waals surface area contributed by atoms with Crippen molar-refractivity contribution in [3.63, 3.8) is 0 Å². The van der Waals surface area contributed by atoms with Crippen LogP contribution in [0, 0.1) is 5.82 Å². The van der Waals surface area contributed by atoms with Crippen molar-refractivity contribution in [2.75, 3.05) is 6.61 Å². The summed E-state index contributed by atoms with van der Waals surface area (Å²) < 4.78 is 85.7. The Kier molecular flexibility index (Phi) is 6.89. The van der Waals surface area contributed by atoms with Crippen LogP contribution in [0.1, 0.15) is 33.6 Å². The number of alkyl halides is 5. The van der Waals surface area contributed by atoms with E-state index in [4.69, 9.17) is 9.47 Å².